The van der Waals surface area contributed by atoms with E-state index >= 15 is 0 Å². The Morgan fingerprint density at radius 2 is 1.92 bits per heavy atom. The Hall–Kier alpha value is -1.27. The molecule has 0 bridgehead atoms. The van der Waals surface area contributed by atoms with Crippen LogP contribution >= 0.6 is 46.5 Å². The maximum atomic E-state index is 12.1. The third-order valence-electron chi connectivity index (χ3n) is 3.78. The van der Waals surface area contributed by atoms with Gasteiger partial charge in [-0.05, 0) is 30.5 Å². The zero-order chi connectivity index (χ0) is 19.2. The van der Waals surface area contributed by atoms with Crippen molar-refractivity contribution >= 4 is 52.4 Å². The Morgan fingerprint density at radius 3 is 2.50 bits per heavy atom. The number of thioether (sulfide) groups is 2. The Kier molecular flexibility index (Phi) is 7.77. The number of rotatable bonds is 8. The molecule has 1 aromatic heterocycles. The summed E-state index contributed by atoms with van der Waals surface area (Å²) >= 11 is 10.3. The molecule has 5 nitrogen and oxygen atoms in total. The van der Waals surface area contributed by atoms with Crippen molar-refractivity contribution in [3.8, 4) is 6.07 Å². The lowest BCUT2D eigenvalue weighted by molar-refractivity contribution is -0.120. The van der Waals surface area contributed by atoms with Crippen LogP contribution in [0.3, 0.4) is 0 Å². The van der Waals surface area contributed by atoms with Gasteiger partial charge in [-0.15, -0.1) is 10.2 Å². The molecule has 1 atom stereocenters. The van der Waals surface area contributed by atoms with E-state index in [1.165, 1.54) is 23.1 Å². The molecule has 0 aliphatic carbocycles. The molecule has 0 spiro atoms. The summed E-state index contributed by atoms with van der Waals surface area (Å²) in [7, 11) is 0. The number of carbonyl (C=O) groups excluding carboxylic acids is 1. The van der Waals surface area contributed by atoms with Gasteiger partial charge in [-0.1, -0.05) is 72.4 Å². The van der Waals surface area contributed by atoms with E-state index in [1.807, 2.05) is 38.1 Å². The van der Waals surface area contributed by atoms with Crippen molar-refractivity contribution in [2.24, 2.45) is 5.92 Å². The number of hydrogen-bond acceptors (Lipinski definition) is 7. The Balaban J connectivity index is 1.82. The number of amides is 1. The second-order valence-electron chi connectivity index (χ2n) is 6.05. The third-order valence-corrected chi connectivity index (χ3v) is 7.29. The maximum absolute atomic E-state index is 12.1. The molecule has 0 aliphatic rings. The van der Waals surface area contributed by atoms with Crippen molar-refractivity contribution < 1.29 is 4.79 Å². The largest absolute Gasteiger partial charge is 0.337 e. The van der Waals surface area contributed by atoms with Crippen molar-refractivity contribution in [3.63, 3.8) is 0 Å². The topological polar surface area (TPSA) is 78.7 Å². The Labute approximate surface area is 170 Å². The predicted molar refractivity (Wildman–Crippen MR) is 109 cm³/mol. The first-order valence-electron chi connectivity index (χ1n) is 7.88. The van der Waals surface area contributed by atoms with Gasteiger partial charge in [0.1, 0.15) is 5.54 Å². The minimum atomic E-state index is -0.863. The smallest absolute Gasteiger partial charge is 0.231 e. The summed E-state index contributed by atoms with van der Waals surface area (Å²) in [5, 5.41) is 21.0. The highest BCUT2D eigenvalue weighted by molar-refractivity contribution is 8.03. The van der Waals surface area contributed by atoms with Crippen LogP contribution in [0.15, 0.2) is 32.9 Å². The third kappa shape index (κ3) is 6.16. The molecule has 138 valence electrons. The first-order valence-corrected chi connectivity index (χ1v) is 11.0. The van der Waals surface area contributed by atoms with E-state index in [4.69, 9.17) is 11.6 Å². The minimum Gasteiger partial charge on any atom is -0.337 e. The molecule has 2 rings (SSSR count). The van der Waals surface area contributed by atoms with Crippen molar-refractivity contribution in [2.45, 2.75) is 40.7 Å². The number of hydrogen-bond donors (Lipinski definition) is 1. The van der Waals surface area contributed by atoms with Crippen LogP contribution < -0.4 is 5.32 Å². The van der Waals surface area contributed by atoms with Gasteiger partial charge in [-0.3, -0.25) is 4.79 Å². The van der Waals surface area contributed by atoms with Crippen molar-refractivity contribution in [1.29, 1.82) is 5.26 Å². The Morgan fingerprint density at radius 1 is 1.31 bits per heavy atom. The highest BCUT2D eigenvalue weighted by atomic mass is 35.5. The average Bonchev–Trinajstić information content (AvgIpc) is 3.07. The molecule has 1 heterocycles. The Bertz CT molecular complexity index is 788. The summed E-state index contributed by atoms with van der Waals surface area (Å²) in [6.45, 7) is 5.55. The summed E-state index contributed by atoms with van der Waals surface area (Å²) in [6, 6.07) is 9.86. The van der Waals surface area contributed by atoms with Gasteiger partial charge in [-0.25, -0.2) is 0 Å². The van der Waals surface area contributed by atoms with Crippen LogP contribution in [-0.4, -0.2) is 27.4 Å². The average molecular weight is 427 g/mol. The van der Waals surface area contributed by atoms with Gasteiger partial charge in [0, 0.05) is 10.8 Å². The zero-order valence-electron chi connectivity index (χ0n) is 14.7. The van der Waals surface area contributed by atoms with Gasteiger partial charge in [-0.2, -0.15) is 5.26 Å². The molecule has 9 heteroatoms. The molecule has 0 fully saturated rings. The fourth-order valence-electron chi connectivity index (χ4n) is 1.79. The minimum absolute atomic E-state index is 0.0267. The number of halogens is 1. The highest BCUT2D eigenvalue weighted by Gasteiger charge is 2.29. The zero-order valence-corrected chi connectivity index (χ0v) is 17.9. The quantitative estimate of drug-likeness (QED) is 0.620. The molecule has 26 heavy (non-hydrogen) atoms. The fourth-order valence-corrected chi connectivity index (χ4v) is 4.70. The standard InChI is InChI=1S/C17H19ClN4OS3/c1-11(2)17(3,10-19)20-14(23)9-25-16-22-21-15(26-16)24-8-12-4-6-13(18)7-5-12/h4-7,11H,8-9H2,1-3H3,(H,20,23)/t17-/m0/s1. The molecule has 0 radical (unpaired) electrons. The van der Waals surface area contributed by atoms with E-state index in [0.29, 0.717) is 0 Å². The number of aromatic nitrogens is 2. The van der Waals surface area contributed by atoms with Crippen molar-refractivity contribution in [3.05, 3.63) is 34.9 Å². The lowest BCUT2D eigenvalue weighted by Crippen LogP contribution is -2.49. The van der Waals surface area contributed by atoms with E-state index in [1.54, 1.807) is 18.7 Å². The van der Waals surface area contributed by atoms with Crippen LogP contribution in [0.25, 0.3) is 0 Å². The van der Waals surface area contributed by atoms with E-state index in [9.17, 15) is 10.1 Å². The first-order chi connectivity index (χ1) is 12.3. The molecule has 1 N–H and O–H groups in total. The molecule has 0 unspecified atom stereocenters. The van der Waals surface area contributed by atoms with E-state index in [-0.39, 0.29) is 17.6 Å². The number of carbonyl (C=O) groups is 1. The van der Waals surface area contributed by atoms with E-state index in [2.05, 4.69) is 21.6 Å². The van der Waals surface area contributed by atoms with Crippen LogP contribution in [0, 0.1) is 17.2 Å². The van der Waals surface area contributed by atoms with E-state index < -0.39 is 5.54 Å². The van der Waals surface area contributed by atoms with Crippen molar-refractivity contribution in [1.82, 2.24) is 15.5 Å². The van der Waals surface area contributed by atoms with Crippen LogP contribution in [0.5, 0.6) is 0 Å². The molecule has 1 aromatic carbocycles. The van der Waals surface area contributed by atoms with Crippen LogP contribution in [0.2, 0.25) is 5.02 Å². The number of nitrogens with zero attached hydrogens (tertiary/aromatic N) is 3. The molecular weight excluding hydrogens is 408 g/mol. The summed E-state index contributed by atoms with van der Waals surface area (Å²) in [6.07, 6.45) is 0. The molecule has 0 aliphatic heterocycles. The molecular formula is C17H19ClN4OS3. The summed E-state index contributed by atoms with van der Waals surface area (Å²) < 4.78 is 1.59. The maximum Gasteiger partial charge on any atom is 0.231 e. The second kappa shape index (κ2) is 9.60. The molecule has 0 saturated carbocycles. The van der Waals surface area contributed by atoms with Crippen LogP contribution in [-0.2, 0) is 10.5 Å². The van der Waals surface area contributed by atoms with Gasteiger partial charge in [0.25, 0.3) is 0 Å². The van der Waals surface area contributed by atoms with Gasteiger partial charge in [0.2, 0.25) is 5.91 Å². The van der Waals surface area contributed by atoms with Crippen molar-refractivity contribution in [2.75, 3.05) is 5.75 Å². The van der Waals surface area contributed by atoms with Gasteiger partial charge < -0.3 is 5.32 Å². The van der Waals surface area contributed by atoms with Crippen LogP contribution in [0.1, 0.15) is 26.3 Å². The molecule has 2 aromatic rings. The summed E-state index contributed by atoms with van der Waals surface area (Å²) in [5.41, 5.74) is 0.297. The molecule has 0 saturated heterocycles. The predicted octanol–water partition coefficient (Wildman–Crippen LogP) is 4.63. The number of nitriles is 1. The second-order valence-corrected chi connectivity index (χ2v) is 9.91. The normalized spacial score (nSPS) is 13.2. The lowest BCUT2D eigenvalue weighted by Gasteiger charge is -2.27. The molecule has 1 amide bonds. The fraction of sp³-hybridized carbons (Fsp3) is 0.412. The van der Waals surface area contributed by atoms with Gasteiger partial charge >= 0.3 is 0 Å². The van der Waals surface area contributed by atoms with Gasteiger partial charge in [0.15, 0.2) is 8.68 Å². The summed E-state index contributed by atoms with van der Waals surface area (Å²) in [4.78, 5) is 12.1. The van der Waals surface area contributed by atoms with Gasteiger partial charge in [0.05, 0.1) is 11.8 Å². The SMILES string of the molecule is CC(C)[C@](C)(C#N)NC(=O)CSc1nnc(SCc2ccc(Cl)cc2)s1. The summed E-state index contributed by atoms with van der Waals surface area (Å²) in [5.74, 6) is 0.837. The van der Waals surface area contributed by atoms with Crippen LogP contribution in [0.4, 0.5) is 0 Å². The number of nitrogens with one attached hydrogen (secondary N) is 1. The van der Waals surface area contributed by atoms with E-state index in [0.717, 1.165) is 25.0 Å². The number of benzene rings is 1. The first kappa shape index (κ1) is 21.0. The lowest BCUT2D eigenvalue weighted by atomic mass is 9.90. The monoisotopic (exact) mass is 426 g/mol. The highest BCUT2D eigenvalue weighted by Crippen LogP contribution is 2.31.